The molecule has 0 N–H and O–H groups in total. The number of thiophene rings is 1. The number of furan rings is 1. The molecule has 10 rings (SSSR count). The van der Waals surface area contributed by atoms with Gasteiger partial charge in [-0.2, -0.15) is 0 Å². The van der Waals surface area contributed by atoms with Gasteiger partial charge in [-0.3, -0.25) is 0 Å². The lowest BCUT2D eigenvalue weighted by atomic mass is 10.0. The number of hydrogen-bond acceptors (Lipinski definition) is 5. The maximum Gasteiger partial charge on any atom is 0.160 e. The lowest BCUT2D eigenvalue weighted by Gasteiger charge is -2.11. The van der Waals surface area contributed by atoms with E-state index in [-0.39, 0.29) is 0 Å². The molecule has 0 saturated heterocycles. The van der Waals surface area contributed by atoms with Crippen molar-refractivity contribution < 1.29 is 4.42 Å². The van der Waals surface area contributed by atoms with Crippen molar-refractivity contribution in [3.8, 4) is 45.2 Å². The molecule has 0 aliphatic carbocycles. The Bertz CT molecular complexity index is 2830. The number of pyridine rings is 1. The van der Waals surface area contributed by atoms with E-state index in [9.17, 15) is 0 Å². The fourth-order valence-corrected chi connectivity index (χ4v) is 8.02. The monoisotopic (exact) mass is 631 g/mol. The van der Waals surface area contributed by atoms with E-state index in [1.807, 2.05) is 59.9 Å². The second-order valence-corrected chi connectivity index (χ2v) is 13.0. The van der Waals surface area contributed by atoms with Crippen molar-refractivity contribution in [2.45, 2.75) is 0 Å². The number of para-hydroxylation sites is 1. The summed E-state index contributed by atoms with van der Waals surface area (Å²) in [5, 5.41) is 5.70. The number of rotatable bonds is 4. The highest BCUT2D eigenvalue weighted by atomic mass is 32.1. The average molecular weight is 632 g/mol. The summed E-state index contributed by atoms with van der Waals surface area (Å²) in [6.45, 7) is 0. The second kappa shape index (κ2) is 10.7. The Kier molecular flexibility index (Phi) is 6.01. The third-order valence-electron chi connectivity index (χ3n) is 9.11. The van der Waals surface area contributed by atoms with Crippen molar-refractivity contribution in [3.05, 3.63) is 152 Å². The number of benzene rings is 6. The molecule has 0 aliphatic rings. The molecular formula is C43H25N3OS. The maximum atomic E-state index is 6.23. The molecule has 4 nitrogen and oxygen atoms in total. The van der Waals surface area contributed by atoms with Crippen LogP contribution in [0, 0.1) is 0 Å². The lowest BCUT2D eigenvalue weighted by Crippen LogP contribution is -1.96. The Balaban J connectivity index is 1.15. The summed E-state index contributed by atoms with van der Waals surface area (Å²) in [4.78, 5) is 15.6. The molecule has 224 valence electrons. The molecule has 10 aromatic rings. The predicted molar refractivity (Wildman–Crippen MR) is 199 cm³/mol. The molecule has 0 saturated carbocycles. The number of nitrogens with zero attached hydrogens (tertiary/aromatic N) is 3. The zero-order valence-electron chi connectivity index (χ0n) is 25.6. The minimum absolute atomic E-state index is 0.666. The van der Waals surface area contributed by atoms with Gasteiger partial charge in [0.15, 0.2) is 5.82 Å². The highest BCUT2D eigenvalue weighted by molar-refractivity contribution is 7.26. The molecule has 48 heavy (non-hydrogen) atoms. The normalized spacial score (nSPS) is 11.8. The summed E-state index contributed by atoms with van der Waals surface area (Å²) in [6.07, 6.45) is 0. The molecule has 0 fully saturated rings. The largest absolute Gasteiger partial charge is 0.456 e. The van der Waals surface area contributed by atoms with Crippen LogP contribution in [-0.2, 0) is 0 Å². The van der Waals surface area contributed by atoms with Gasteiger partial charge in [-0.15, -0.1) is 11.3 Å². The second-order valence-electron chi connectivity index (χ2n) is 12.0. The van der Waals surface area contributed by atoms with Crippen molar-refractivity contribution in [3.63, 3.8) is 0 Å². The van der Waals surface area contributed by atoms with Crippen molar-refractivity contribution in [2.75, 3.05) is 0 Å². The van der Waals surface area contributed by atoms with Crippen molar-refractivity contribution >= 4 is 64.4 Å². The van der Waals surface area contributed by atoms with Crippen LogP contribution in [0.4, 0.5) is 0 Å². The summed E-state index contributed by atoms with van der Waals surface area (Å²) in [6, 6.07) is 52.4. The molecule has 5 heteroatoms. The minimum Gasteiger partial charge on any atom is -0.456 e. The Morgan fingerprint density at radius 2 is 1.12 bits per heavy atom. The Morgan fingerprint density at radius 3 is 1.98 bits per heavy atom. The van der Waals surface area contributed by atoms with Crippen LogP contribution in [-0.4, -0.2) is 15.0 Å². The van der Waals surface area contributed by atoms with E-state index in [0.29, 0.717) is 5.82 Å². The molecule has 4 heterocycles. The molecule has 0 unspecified atom stereocenters. The zero-order valence-corrected chi connectivity index (χ0v) is 26.4. The van der Waals surface area contributed by atoms with E-state index in [2.05, 4.69) is 103 Å². The quantitative estimate of drug-likeness (QED) is 0.194. The molecule has 6 aromatic carbocycles. The predicted octanol–water partition coefficient (Wildman–Crippen LogP) is 12.0. The topological polar surface area (TPSA) is 51.8 Å². The van der Waals surface area contributed by atoms with Gasteiger partial charge in [0.05, 0.1) is 27.3 Å². The first kappa shape index (κ1) is 27.0. The standard InChI is InChI=1S/C43H25N3OS/c1-2-11-26(12-3-1)34-25-35(31-17-10-19-37-39(31)32-15-6-8-18-36(32)47-37)45-43(44-34)28-23-21-27(22-24-28)40-29-13-4-5-14-30(29)42-41(46-40)33-16-7-9-20-38(33)48-42/h1-25H. The highest BCUT2D eigenvalue weighted by Crippen LogP contribution is 2.41. The SMILES string of the molecule is c1ccc(-c2cc(-c3cccc4oc5ccccc5c34)nc(-c3ccc(-c4nc5c6ccccc6sc5c5ccccc45)cc3)n2)cc1. The van der Waals surface area contributed by atoms with Crippen LogP contribution in [0.25, 0.3) is 98.2 Å². The first-order chi connectivity index (χ1) is 23.8. The van der Waals surface area contributed by atoms with Crippen LogP contribution in [0.5, 0.6) is 0 Å². The van der Waals surface area contributed by atoms with Gasteiger partial charge in [0.1, 0.15) is 11.2 Å². The summed E-state index contributed by atoms with van der Waals surface area (Å²) in [5.41, 5.74) is 9.50. The van der Waals surface area contributed by atoms with Gasteiger partial charge in [0, 0.05) is 53.9 Å². The van der Waals surface area contributed by atoms with Gasteiger partial charge in [-0.05, 0) is 24.3 Å². The van der Waals surface area contributed by atoms with Gasteiger partial charge in [-0.25, -0.2) is 15.0 Å². The number of hydrogen-bond donors (Lipinski definition) is 0. The smallest absolute Gasteiger partial charge is 0.160 e. The highest BCUT2D eigenvalue weighted by Gasteiger charge is 2.18. The molecule has 0 amide bonds. The fraction of sp³-hybridized carbons (Fsp3) is 0. The summed E-state index contributed by atoms with van der Waals surface area (Å²) < 4.78 is 8.71. The number of aromatic nitrogens is 3. The maximum absolute atomic E-state index is 6.23. The molecular weight excluding hydrogens is 607 g/mol. The fourth-order valence-electron chi connectivity index (χ4n) is 6.84. The van der Waals surface area contributed by atoms with E-state index in [1.54, 1.807) is 0 Å². The Labute approximate surface area is 279 Å². The molecule has 0 atom stereocenters. The van der Waals surface area contributed by atoms with Gasteiger partial charge in [0.25, 0.3) is 0 Å². The zero-order chi connectivity index (χ0) is 31.6. The van der Waals surface area contributed by atoms with E-state index in [0.717, 1.165) is 72.2 Å². The van der Waals surface area contributed by atoms with Crippen LogP contribution in [0.1, 0.15) is 0 Å². The third-order valence-corrected chi connectivity index (χ3v) is 10.3. The van der Waals surface area contributed by atoms with Crippen LogP contribution in [0.15, 0.2) is 156 Å². The average Bonchev–Trinajstić information content (AvgIpc) is 3.73. The van der Waals surface area contributed by atoms with Crippen LogP contribution >= 0.6 is 11.3 Å². The van der Waals surface area contributed by atoms with Crippen molar-refractivity contribution in [1.29, 1.82) is 0 Å². The van der Waals surface area contributed by atoms with Crippen molar-refractivity contribution in [1.82, 2.24) is 15.0 Å². The summed E-state index contributed by atoms with van der Waals surface area (Å²) in [7, 11) is 0. The Morgan fingerprint density at radius 1 is 0.458 bits per heavy atom. The van der Waals surface area contributed by atoms with Gasteiger partial charge >= 0.3 is 0 Å². The van der Waals surface area contributed by atoms with Crippen LogP contribution < -0.4 is 0 Å². The van der Waals surface area contributed by atoms with Crippen molar-refractivity contribution in [2.24, 2.45) is 0 Å². The molecule has 0 radical (unpaired) electrons. The van der Waals surface area contributed by atoms with Crippen LogP contribution in [0.3, 0.4) is 0 Å². The van der Waals surface area contributed by atoms with Gasteiger partial charge in [0.2, 0.25) is 0 Å². The Hall–Kier alpha value is -6.17. The van der Waals surface area contributed by atoms with Gasteiger partial charge in [-0.1, -0.05) is 127 Å². The summed E-state index contributed by atoms with van der Waals surface area (Å²) in [5.74, 6) is 0.666. The first-order valence-corrected chi connectivity index (χ1v) is 16.8. The molecule has 0 bridgehead atoms. The molecule has 0 spiro atoms. The lowest BCUT2D eigenvalue weighted by molar-refractivity contribution is 0.669. The molecule has 0 aliphatic heterocycles. The van der Waals surface area contributed by atoms with E-state index < -0.39 is 0 Å². The molecule has 4 aromatic heterocycles. The minimum atomic E-state index is 0.666. The first-order valence-electron chi connectivity index (χ1n) is 15.9. The third kappa shape index (κ3) is 4.25. The summed E-state index contributed by atoms with van der Waals surface area (Å²) >= 11 is 1.81. The van der Waals surface area contributed by atoms with Gasteiger partial charge < -0.3 is 4.42 Å². The van der Waals surface area contributed by atoms with E-state index in [4.69, 9.17) is 19.4 Å². The number of fused-ring (bicyclic) bond motifs is 8. The van der Waals surface area contributed by atoms with Crippen LogP contribution in [0.2, 0.25) is 0 Å². The van der Waals surface area contributed by atoms with E-state index >= 15 is 0 Å². The van der Waals surface area contributed by atoms with E-state index in [1.165, 1.54) is 20.2 Å².